The molecule has 0 aliphatic carbocycles. The summed E-state index contributed by atoms with van der Waals surface area (Å²) in [6.07, 6.45) is 11.5. The fraction of sp³-hybridized carbons (Fsp3) is 0.382. The van der Waals surface area contributed by atoms with Crippen LogP contribution >= 0.6 is 0 Å². The van der Waals surface area contributed by atoms with Gasteiger partial charge in [-0.1, -0.05) is 48.0 Å². The van der Waals surface area contributed by atoms with Crippen molar-refractivity contribution in [2.75, 3.05) is 40.4 Å². The van der Waals surface area contributed by atoms with Crippen molar-refractivity contribution in [2.45, 2.75) is 39.8 Å². The molecule has 1 saturated heterocycles. The van der Waals surface area contributed by atoms with Gasteiger partial charge in [0.15, 0.2) is 0 Å². The molecule has 0 atom stereocenters. The smallest absolute Gasteiger partial charge is 0.255 e. The Morgan fingerprint density at radius 3 is 2.57 bits per heavy atom. The fourth-order valence-electron chi connectivity index (χ4n) is 5.76. The van der Waals surface area contributed by atoms with E-state index in [4.69, 9.17) is 4.74 Å². The number of hydrogen-bond donors (Lipinski definition) is 0. The number of likely N-dealkylation sites (N-methyl/N-ethyl adjacent to an activating group) is 1. The van der Waals surface area contributed by atoms with E-state index in [-0.39, 0.29) is 11.8 Å². The minimum atomic E-state index is -0.0309. The summed E-state index contributed by atoms with van der Waals surface area (Å²) in [5, 5.41) is 2.26. The van der Waals surface area contributed by atoms with E-state index in [9.17, 15) is 9.59 Å². The minimum absolute atomic E-state index is 0.0309. The van der Waals surface area contributed by atoms with E-state index in [0.29, 0.717) is 31.2 Å². The summed E-state index contributed by atoms with van der Waals surface area (Å²) in [7, 11) is 3.46. The van der Waals surface area contributed by atoms with Crippen LogP contribution < -0.4 is 0 Å². The molecule has 0 N–H and O–H groups in total. The number of hydrogen-bond acceptors (Lipinski definition) is 4. The number of amides is 2. The standard InChI is InChI=1S/C34H41N5O3/c1-25(2)18-33(40)38-14-12-26(13-15-38)20-39-24-35-19-28(39)21-37-22-31(32(23-37)34(41)36(3)16-17-42-4)30-11-7-9-27-8-5-6-10-29(27)30/h5-11,18-19,22-24,26H,12-17,20-21H2,1-4H3. The summed E-state index contributed by atoms with van der Waals surface area (Å²) in [6, 6.07) is 14.5. The Balaban J connectivity index is 1.38. The Kier molecular flexibility index (Phi) is 9.22. The summed E-state index contributed by atoms with van der Waals surface area (Å²) in [6.45, 7) is 7.94. The summed E-state index contributed by atoms with van der Waals surface area (Å²) < 4.78 is 9.55. The number of aromatic nitrogens is 3. The van der Waals surface area contributed by atoms with Gasteiger partial charge in [0.2, 0.25) is 5.91 Å². The third-order valence-corrected chi connectivity index (χ3v) is 8.10. The number of nitrogens with zero attached hydrogens (tertiary/aromatic N) is 5. The highest BCUT2D eigenvalue weighted by Gasteiger charge is 2.24. The van der Waals surface area contributed by atoms with Crippen molar-refractivity contribution in [3.8, 4) is 11.1 Å². The zero-order valence-electron chi connectivity index (χ0n) is 25.1. The first kappa shape index (κ1) is 29.3. The second-order valence-electron chi connectivity index (χ2n) is 11.5. The number of carbonyl (C=O) groups is 2. The van der Waals surface area contributed by atoms with Gasteiger partial charge < -0.3 is 23.7 Å². The maximum Gasteiger partial charge on any atom is 0.255 e. The molecule has 8 heteroatoms. The molecule has 42 heavy (non-hydrogen) atoms. The molecular weight excluding hydrogens is 526 g/mol. The van der Waals surface area contributed by atoms with Crippen molar-refractivity contribution >= 4 is 22.6 Å². The van der Waals surface area contributed by atoms with Gasteiger partial charge in [-0.25, -0.2) is 4.98 Å². The van der Waals surface area contributed by atoms with Crippen LogP contribution in [-0.4, -0.2) is 76.1 Å². The highest BCUT2D eigenvalue weighted by Crippen LogP contribution is 2.33. The lowest BCUT2D eigenvalue weighted by atomic mass is 9.96. The number of carbonyl (C=O) groups excluding carboxylic acids is 2. The molecular formula is C34H41N5O3. The van der Waals surface area contributed by atoms with E-state index in [2.05, 4.69) is 44.6 Å². The van der Waals surface area contributed by atoms with Crippen LogP contribution in [0.15, 0.2) is 79.0 Å². The van der Waals surface area contributed by atoms with Crippen LogP contribution in [0.1, 0.15) is 42.7 Å². The fourth-order valence-corrected chi connectivity index (χ4v) is 5.76. The molecule has 2 aromatic carbocycles. The van der Waals surface area contributed by atoms with Crippen LogP contribution in [-0.2, 0) is 22.6 Å². The van der Waals surface area contributed by atoms with Gasteiger partial charge >= 0.3 is 0 Å². The van der Waals surface area contributed by atoms with Crippen molar-refractivity contribution in [1.82, 2.24) is 23.9 Å². The molecule has 4 aromatic rings. The predicted molar refractivity (Wildman–Crippen MR) is 166 cm³/mol. The lowest BCUT2D eigenvalue weighted by Gasteiger charge is -2.32. The number of likely N-dealkylation sites (tertiary alicyclic amines) is 1. The third kappa shape index (κ3) is 6.65. The van der Waals surface area contributed by atoms with Crippen LogP contribution in [0.2, 0.25) is 0 Å². The maximum absolute atomic E-state index is 13.7. The number of methoxy groups -OCH3 is 1. The second kappa shape index (κ2) is 13.2. The molecule has 2 amide bonds. The normalized spacial score (nSPS) is 13.9. The molecule has 1 aliphatic heterocycles. The predicted octanol–water partition coefficient (Wildman–Crippen LogP) is 5.48. The van der Waals surface area contributed by atoms with Crippen LogP contribution in [0, 0.1) is 5.92 Å². The molecule has 0 saturated carbocycles. The zero-order chi connectivity index (χ0) is 29.6. The molecule has 220 valence electrons. The van der Waals surface area contributed by atoms with Crippen LogP contribution in [0.5, 0.6) is 0 Å². The topological polar surface area (TPSA) is 72.6 Å². The first-order valence-electron chi connectivity index (χ1n) is 14.7. The van der Waals surface area contributed by atoms with Gasteiger partial charge in [0.25, 0.3) is 5.91 Å². The van der Waals surface area contributed by atoms with E-state index >= 15 is 0 Å². The SMILES string of the molecule is COCCN(C)C(=O)c1cn(Cc2cncn2CC2CCN(C(=O)C=C(C)C)CC2)cc1-c1cccc2ccccc12. The maximum atomic E-state index is 13.7. The van der Waals surface area contributed by atoms with Crippen molar-refractivity contribution in [3.05, 3.63) is 90.3 Å². The molecule has 5 rings (SSSR count). The van der Waals surface area contributed by atoms with E-state index in [0.717, 1.165) is 65.6 Å². The van der Waals surface area contributed by atoms with Crippen LogP contribution in [0.3, 0.4) is 0 Å². The lowest BCUT2D eigenvalue weighted by Crippen LogP contribution is -2.38. The summed E-state index contributed by atoms with van der Waals surface area (Å²) in [4.78, 5) is 34.2. The van der Waals surface area contributed by atoms with Gasteiger partial charge in [-0.2, -0.15) is 0 Å². The van der Waals surface area contributed by atoms with E-state index in [1.54, 1.807) is 18.1 Å². The first-order chi connectivity index (χ1) is 20.3. The Bertz CT molecular complexity index is 1570. The molecule has 0 unspecified atom stereocenters. The summed E-state index contributed by atoms with van der Waals surface area (Å²) in [5.41, 5.74) is 4.75. The molecule has 1 aliphatic rings. The molecule has 0 spiro atoms. The largest absolute Gasteiger partial charge is 0.383 e. The molecule has 0 bridgehead atoms. The monoisotopic (exact) mass is 567 g/mol. The first-order valence-corrected chi connectivity index (χ1v) is 14.7. The van der Waals surface area contributed by atoms with Crippen LogP contribution in [0.4, 0.5) is 0 Å². The van der Waals surface area contributed by atoms with Gasteiger partial charge in [-0.05, 0) is 48.9 Å². The number of piperidine rings is 1. The third-order valence-electron chi connectivity index (χ3n) is 8.10. The Hall–Kier alpha value is -4.17. The number of fused-ring (bicyclic) bond motifs is 1. The minimum Gasteiger partial charge on any atom is -0.383 e. The number of benzene rings is 2. The van der Waals surface area contributed by atoms with Crippen molar-refractivity contribution in [2.24, 2.45) is 5.92 Å². The Labute approximate surface area is 248 Å². The number of ether oxygens (including phenoxy) is 1. The second-order valence-corrected chi connectivity index (χ2v) is 11.5. The van der Waals surface area contributed by atoms with E-state index in [1.807, 2.05) is 62.7 Å². The number of allylic oxidation sites excluding steroid dienone is 1. The van der Waals surface area contributed by atoms with Crippen molar-refractivity contribution in [3.63, 3.8) is 0 Å². The van der Waals surface area contributed by atoms with Crippen molar-refractivity contribution < 1.29 is 14.3 Å². The molecule has 2 aromatic heterocycles. The van der Waals surface area contributed by atoms with Crippen LogP contribution in [0.25, 0.3) is 21.9 Å². The summed E-state index contributed by atoms with van der Waals surface area (Å²) in [5.74, 6) is 0.567. The Morgan fingerprint density at radius 2 is 1.81 bits per heavy atom. The average molecular weight is 568 g/mol. The quantitative estimate of drug-likeness (QED) is 0.238. The van der Waals surface area contributed by atoms with Gasteiger partial charge in [-0.3, -0.25) is 9.59 Å². The van der Waals surface area contributed by atoms with E-state index < -0.39 is 0 Å². The van der Waals surface area contributed by atoms with Gasteiger partial charge in [0, 0.05) is 70.6 Å². The number of imidazole rings is 1. The number of rotatable bonds is 10. The van der Waals surface area contributed by atoms with Crippen molar-refractivity contribution in [1.29, 1.82) is 0 Å². The molecule has 3 heterocycles. The molecule has 8 nitrogen and oxygen atoms in total. The van der Waals surface area contributed by atoms with Gasteiger partial charge in [0.05, 0.1) is 30.7 Å². The zero-order valence-corrected chi connectivity index (χ0v) is 25.1. The molecule has 0 radical (unpaired) electrons. The summed E-state index contributed by atoms with van der Waals surface area (Å²) >= 11 is 0. The van der Waals surface area contributed by atoms with Gasteiger partial charge in [-0.15, -0.1) is 0 Å². The highest BCUT2D eigenvalue weighted by molar-refractivity contribution is 6.06. The molecule has 1 fully saturated rings. The van der Waals surface area contributed by atoms with E-state index in [1.165, 1.54) is 0 Å². The van der Waals surface area contributed by atoms with Gasteiger partial charge in [0.1, 0.15) is 0 Å². The lowest BCUT2D eigenvalue weighted by molar-refractivity contribution is -0.127. The Morgan fingerprint density at radius 1 is 1.05 bits per heavy atom. The highest BCUT2D eigenvalue weighted by atomic mass is 16.5. The average Bonchev–Trinajstić information content (AvgIpc) is 3.62.